The van der Waals surface area contributed by atoms with Gasteiger partial charge in [0.05, 0.1) is 6.21 Å². The van der Waals surface area contributed by atoms with Crippen LogP contribution in [0.3, 0.4) is 0 Å². The molecule has 0 fully saturated rings. The summed E-state index contributed by atoms with van der Waals surface area (Å²) in [5, 5.41) is 3.76. The number of hydrogen-bond acceptors (Lipinski definition) is 2. The van der Waals surface area contributed by atoms with Crippen molar-refractivity contribution in [3.63, 3.8) is 0 Å². The first kappa shape index (κ1) is 11.2. The molecular weight excluding hydrogens is 190 g/mol. The minimum atomic E-state index is -0.655. The van der Waals surface area contributed by atoms with E-state index in [-0.39, 0.29) is 0 Å². The molecule has 15 heavy (non-hydrogen) atoms. The summed E-state index contributed by atoms with van der Waals surface area (Å²) >= 11 is 0. The average Bonchev–Trinajstić information content (AvgIpc) is 2.20. The van der Waals surface area contributed by atoms with E-state index in [2.05, 4.69) is 17.5 Å². The lowest BCUT2D eigenvalue weighted by atomic mass is 10.0. The lowest BCUT2D eigenvalue weighted by molar-refractivity contribution is 0.249. The normalized spacial score (nSPS) is 10.5. The molecule has 0 aliphatic rings. The maximum absolute atomic E-state index is 10.4. The lowest BCUT2D eigenvalue weighted by Gasteiger charge is -2.05. The number of rotatable bonds is 3. The molecule has 0 aromatic heterocycles. The number of carbonyl (C=O) groups excluding carboxylic acids is 1. The van der Waals surface area contributed by atoms with E-state index < -0.39 is 6.03 Å². The molecule has 0 atom stereocenters. The van der Waals surface area contributed by atoms with Gasteiger partial charge in [0, 0.05) is 5.56 Å². The summed E-state index contributed by atoms with van der Waals surface area (Å²) in [6.07, 6.45) is 2.55. The van der Waals surface area contributed by atoms with Crippen LogP contribution in [0.4, 0.5) is 4.79 Å². The topological polar surface area (TPSA) is 67.5 Å². The summed E-state index contributed by atoms with van der Waals surface area (Å²) in [5.41, 5.74) is 10.4. The highest BCUT2D eigenvalue weighted by molar-refractivity contribution is 5.84. The van der Waals surface area contributed by atoms with Crippen molar-refractivity contribution in [3.05, 3.63) is 34.9 Å². The second-order valence-electron chi connectivity index (χ2n) is 3.24. The molecule has 0 radical (unpaired) electrons. The zero-order valence-electron chi connectivity index (χ0n) is 8.95. The first-order valence-corrected chi connectivity index (χ1v) is 4.82. The van der Waals surface area contributed by atoms with Crippen LogP contribution in [0.2, 0.25) is 0 Å². The van der Waals surface area contributed by atoms with Crippen molar-refractivity contribution in [3.8, 4) is 0 Å². The summed E-state index contributed by atoms with van der Waals surface area (Å²) in [6.45, 7) is 4.08. The maximum atomic E-state index is 10.4. The van der Waals surface area contributed by atoms with Crippen LogP contribution >= 0.6 is 0 Å². The van der Waals surface area contributed by atoms with Crippen molar-refractivity contribution < 1.29 is 4.79 Å². The molecule has 1 aromatic rings. The van der Waals surface area contributed by atoms with Crippen LogP contribution in [0.25, 0.3) is 0 Å². The minimum absolute atomic E-state index is 0.655. The van der Waals surface area contributed by atoms with Crippen molar-refractivity contribution in [2.45, 2.75) is 20.3 Å². The van der Waals surface area contributed by atoms with E-state index in [4.69, 9.17) is 5.73 Å². The highest BCUT2D eigenvalue weighted by atomic mass is 16.2. The van der Waals surface area contributed by atoms with Gasteiger partial charge in [-0.3, -0.25) is 0 Å². The molecule has 4 heteroatoms. The van der Waals surface area contributed by atoms with Crippen molar-refractivity contribution in [1.29, 1.82) is 0 Å². The number of hydrazone groups is 1. The Balaban J connectivity index is 2.92. The number of nitrogens with zero attached hydrogens (tertiary/aromatic N) is 1. The molecule has 0 aliphatic heterocycles. The Labute approximate surface area is 89.2 Å². The number of hydrogen-bond donors (Lipinski definition) is 2. The van der Waals surface area contributed by atoms with Gasteiger partial charge in [-0.25, -0.2) is 10.2 Å². The first-order chi connectivity index (χ1) is 7.15. The molecule has 2 amide bonds. The number of benzene rings is 1. The van der Waals surface area contributed by atoms with Crippen LogP contribution in [-0.2, 0) is 6.42 Å². The highest BCUT2D eigenvalue weighted by Gasteiger charge is 2.00. The fraction of sp³-hybridized carbons (Fsp3) is 0.273. The number of nitrogens with one attached hydrogen (secondary N) is 1. The molecule has 1 rings (SSSR count). The molecule has 1 aromatic carbocycles. The second kappa shape index (κ2) is 5.14. The molecule has 80 valence electrons. The Kier molecular flexibility index (Phi) is 3.85. The van der Waals surface area contributed by atoms with Gasteiger partial charge in [-0.15, -0.1) is 0 Å². The smallest absolute Gasteiger partial charge is 0.332 e. The summed E-state index contributed by atoms with van der Waals surface area (Å²) in [6, 6.07) is 5.40. The summed E-state index contributed by atoms with van der Waals surface area (Å²) in [5.74, 6) is 0. The number of aryl methyl sites for hydroxylation is 2. The predicted octanol–water partition coefficient (Wildman–Crippen LogP) is 1.56. The van der Waals surface area contributed by atoms with Crippen LogP contribution in [-0.4, -0.2) is 12.2 Å². The Morgan fingerprint density at radius 2 is 2.33 bits per heavy atom. The van der Waals surface area contributed by atoms with Gasteiger partial charge in [0.1, 0.15) is 0 Å². The van der Waals surface area contributed by atoms with Crippen LogP contribution in [0.5, 0.6) is 0 Å². The molecule has 3 N–H and O–H groups in total. The van der Waals surface area contributed by atoms with Gasteiger partial charge in [0.2, 0.25) is 0 Å². The van der Waals surface area contributed by atoms with E-state index in [1.54, 1.807) is 6.21 Å². The molecule has 0 unspecified atom stereocenters. The monoisotopic (exact) mass is 205 g/mol. The van der Waals surface area contributed by atoms with Gasteiger partial charge in [0.25, 0.3) is 0 Å². The molecule has 0 aliphatic carbocycles. The Morgan fingerprint density at radius 1 is 1.60 bits per heavy atom. The van der Waals surface area contributed by atoms with E-state index in [9.17, 15) is 4.79 Å². The van der Waals surface area contributed by atoms with Crippen LogP contribution in [0.1, 0.15) is 23.6 Å². The minimum Gasteiger partial charge on any atom is -0.350 e. The standard InChI is InChI=1S/C11H15N3O/c1-3-9-6-4-5-8(2)10(9)7-13-14-11(12)15/h4-7H,3H2,1-2H3,(H3,12,14,15). The Bertz CT molecular complexity index is 385. The molecule has 0 saturated heterocycles. The van der Waals surface area contributed by atoms with Gasteiger partial charge in [-0.2, -0.15) is 5.10 Å². The average molecular weight is 205 g/mol. The SMILES string of the molecule is CCc1cccc(C)c1C=NNC(N)=O. The van der Waals surface area contributed by atoms with Crippen molar-refractivity contribution in [2.75, 3.05) is 0 Å². The molecule has 0 spiro atoms. The van der Waals surface area contributed by atoms with E-state index in [1.807, 2.05) is 25.1 Å². The summed E-state index contributed by atoms with van der Waals surface area (Å²) in [4.78, 5) is 10.4. The molecule has 0 saturated carbocycles. The zero-order chi connectivity index (χ0) is 11.3. The van der Waals surface area contributed by atoms with Crippen LogP contribution in [0, 0.1) is 6.92 Å². The van der Waals surface area contributed by atoms with Gasteiger partial charge >= 0.3 is 6.03 Å². The predicted molar refractivity (Wildman–Crippen MR) is 60.9 cm³/mol. The quantitative estimate of drug-likeness (QED) is 0.570. The molecule has 4 nitrogen and oxygen atoms in total. The first-order valence-electron chi connectivity index (χ1n) is 4.82. The van der Waals surface area contributed by atoms with E-state index in [0.717, 1.165) is 17.5 Å². The van der Waals surface area contributed by atoms with E-state index in [0.29, 0.717) is 0 Å². The van der Waals surface area contributed by atoms with Crippen LogP contribution < -0.4 is 11.2 Å². The number of amides is 2. The number of carbonyl (C=O) groups is 1. The molecular formula is C11H15N3O. The second-order valence-corrected chi connectivity index (χ2v) is 3.24. The summed E-state index contributed by atoms with van der Waals surface area (Å²) in [7, 11) is 0. The number of urea groups is 1. The molecule has 0 bridgehead atoms. The van der Waals surface area contributed by atoms with Gasteiger partial charge in [-0.05, 0) is 24.5 Å². The summed E-state index contributed by atoms with van der Waals surface area (Å²) < 4.78 is 0. The van der Waals surface area contributed by atoms with Crippen molar-refractivity contribution >= 4 is 12.2 Å². The van der Waals surface area contributed by atoms with Crippen molar-refractivity contribution in [1.82, 2.24) is 5.43 Å². The third-order valence-corrected chi connectivity index (χ3v) is 2.16. The van der Waals surface area contributed by atoms with E-state index in [1.165, 1.54) is 5.56 Å². The molecule has 0 heterocycles. The third-order valence-electron chi connectivity index (χ3n) is 2.16. The van der Waals surface area contributed by atoms with Crippen molar-refractivity contribution in [2.24, 2.45) is 10.8 Å². The van der Waals surface area contributed by atoms with Crippen LogP contribution in [0.15, 0.2) is 23.3 Å². The van der Waals surface area contributed by atoms with Gasteiger partial charge < -0.3 is 5.73 Å². The third kappa shape index (κ3) is 3.09. The number of nitrogens with two attached hydrogens (primary N) is 1. The van der Waals surface area contributed by atoms with Gasteiger partial charge in [0.15, 0.2) is 0 Å². The Morgan fingerprint density at radius 3 is 2.93 bits per heavy atom. The van der Waals surface area contributed by atoms with Gasteiger partial charge in [-0.1, -0.05) is 25.1 Å². The fourth-order valence-electron chi connectivity index (χ4n) is 1.39. The van der Waals surface area contributed by atoms with E-state index >= 15 is 0 Å². The lowest BCUT2D eigenvalue weighted by Crippen LogP contribution is -2.24. The Hall–Kier alpha value is -1.84. The highest BCUT2D eigenvalue weighted by Crippen LogP contribution is 2.12. The maximum Gasteiger partial charge on any atom is 0.332 e. The fourth-order valence-corrected chi connectivity index (χ4v) is 1.39. The largest absolute Gasteiger partial charge is 0.350 e. The zero-order valence-corrected chi connectivity index (χ0v) is 8.95. The number of primary amides is 1.